The Morgan fingerprint density at radius 3 is 3.17 bits per heavy atom. The third-order valence-electron chi connectivity index (χ3n) is 1.10. The molecule has 5 nitrogen and oxygen atoms in total. The van der Waals surface area contributed by atoms with Crippen LogP contribution < -0.4 is 11.2 Å². The van der Waals surface area contributed by atoms with Gasteiger partial charge in [-0.05, 0) is 25.2 Å². The van der Waals surface area contributed by atoms with E-state index in [2.05, 4.69) is 32.9 Å². The summed E-state index contributed by atoms with van der Waals surface area (Å²) in [5.74, 6) is 0. The van der Waals surface area contributed by atoms with E-state index in [9.17, 15) is 0 Å². The molecular formula is C6H9N5S. The van der Waals surface area contributed by atoms with E-state index in [0.29, 0.717) is 0 Å². The first kappa shape index (κ1) is 8.66. The Hall–Kier alpha value is -1.43. The second-order valence-corrected chi connectivity index (χ2v) is 2.65. The van der Waals surface area contributed by atoms with Crippen LogP contribution >= 0.6 is 12.2 Å². The average Bonchev–Trinajstić information content (AvgIpc) is 2.35. The lowest BCUT2D eigenvalue weighted by atomic mass is 10.4. The van der Waals surface area contributed by atoms with Crippen molar-refractivity contribution in [2.45, 2.75) is 6.92 Å². The van der Waals surface area contributed by atoms with Crippen LogP contribution in [0.25, 0.3) is 0 Å². The molecule has 0 aliphatic carbocycles. The molecule has 6 heteroatoms. The Morgan fingerprint density at radius 1 is 1.92 bits per heavy atom. The number of H-pyrrole nitrogens is 1. The lowest BCUT2D eigenvalue weighted by Gasteiger charge is -1.90. The van der Waals surface area contributed by atoms with Crippen LogP contribution in [0.15, 0.2) is 11.2 Å². The van der Waals surface area contributed by atoms with Crippen LogP contribution in [0.5, 0.6) is 0 Å². The second-order valence-electron chi connectivity index (χ2n) is 2.21. The minimum Gasteiger partial charge on any atom is -0.375 e. The molecule has 0 saturated heterocycles. The highest BCUT2D eigenvalue weighted by Gasteiger charge is 1.91. The Bertz CT molecular complexity index is 303. The van der Waals surface area contributed by atoms with Crippen molar-refractivity contribution in [2.24, 2.45) is 10.8 Å². The van der Waals surface area contributed by atoms with Crippen molar-refractivity contribution >= 4 is 23.5 Å². The van der Waals surface area contributed by atoms with Crippen LogP contribution in [-0.4, -0.2) is 21.5 Å². The van der Waals surface area contributed by atoms with Crippen molar-refractivity contribution < 1.29 is 0 Å². The average molecular weight is 183 g/mol. The molecule has 0 aromatic carbocycles. The van der Waals surface area contributed by atoms with Gasteiger partial charge in [0.2, 0.25) is 0 Å². The normalized spacial score (nSPS) is 10.4. The number of nitrogens with zero attached hydrogens (tertiary/aromatic N) is 2. The van der Waals surface area contributed by atoms with Gasteiger partial charge < -0.3 is 5.73 Å². The Balaban J connectivity index is 2.52. The number of aromatic nitrogens is 2. The first-order valence-corrected chi connectivity index (χ1v) is 3.70. The van der Waals surface area contributed by atoms with Gasteiger partial charge in [-0.25, -0.2) is 0 Å². The van der Waals surface area contributed by atoms with E-state index in [1.807, 2.05) is 13.0 Å². The van der Waals surface area contributed by atoms with Gasteiger partial charge in [-0.1, -0.05) is 0 Å². The molecular weight excluding hydrogens is 174 g/mol. The van der Waals surface area contributed by atoms with E-state index in [0.717, 1.165) is 11.4 Å². The molecule has 0 aliphatic rings. The number of nitrogens with one attached hydrogen (secondary N) is 2. The predicted octanol–water partition coefficient (Wildman–Crippen LogP) is -0.115. The van der Waals surface area contributed by atoms with E-state index in [4.69, 9.17) is 5.73 Å². The molecule has 0 spiro atoms. The lowest BCUT2D eigenvalue weighted by Crippen LogP contribution is -2.24. The molecule has 4 N–H and O–H groups in total. The summed E-state index contributed by atoms with van der Waals surface area (Å²) in [4.78, 5) is 0. The van der Waals surface area contributed by atoms with Gasteiger partial charge in [-0.2, -0.15) is 10.2 Å². The number of hydrazone groups is 1. The van der Waals surface area contributed by atoms with Crippen LogP contribution in [0, 0.1) is 6.92 Å². The van der Waals surface area contributed by atoms with Crippen molar-refractivity contribution in [1.82, 2.24) is 15.6 Å². The van der Waals surface area contributed by atoms with E-state index < -0.39 is 0 Å². The largest absolute Gasteiger partial charge is 0.375 e. The van der Waals surface area contributed by atoms with Gasteiger partial charge in [0.05, 0.1) is 6.21 Å². The zero-order valence-corrected chi connectivity index (χ0v) is 7.35. The Morgan fingerprint density at radius 2 is 2.67 bits per heavy atom. The molecule has 0 unspecified atom stereocenters. The summed E-state index contributed by atoms with van der Waals surface area (Å²) in [7, 11) is 0. The molecule has 0 radical (unpaired) electrons. The predicted molar refractivity (Wildman–Crippen MR) is 50.8 cm³/mol. The molecule has 12 heavy (non-hydrogen) atoms. The first-order chi connectivity index (χ1) is 5.68. The minimum atomic E-state index is 0.138. The number of hydrogen-bond acceptors (Lipinski definition) is 3. The maximum Gasteiger partial charge on any atom is 0.184 e. The number of hydrogen-bond donors (Lipinski definition) is 3. The molecule has 0 saturated carbocycles. The molecule has 1 heterocycles. The summed E-state index contributed by atoms with van der Waals surface area (Å²) in [5, 5.41) is 10.6. The summed E-state index contributed by atoms with van der Waals surface area (Å²) in [6.45, 7) is 1.91. The lowest BCUT2D eigenvalue weighted by molar-refractivity contribution is 1.02. The number of aryl methyl sites for hydroxylation is 1. The minimum absolute atomic E-state index is 0.138. The molecule has 1 aromatic heterocycles. The number of nitrogens with two attached hydrogens (primary N) is 1. The highest BCUT2D eigenvalue weighted by atomic mass is 32.1. The van der Waals surface area contributed by atoms with Gasteiger partial charge in [0.25, 0.3) is 0 Å². The van der Waals surface area contributed by atoms with Gasteiger partial charge in [-0.15, -0.1) is 0 Å². The summed E-state index contributed by atoms with van der Waals surface area (Å²) in [6.07, 6.45) is 1.53. The SMILES string of the molecule is Cc1cc(C=NNC(N)=S)n[nH]1. The molecule has 0 fully saturated rings. The van der Waals surface area contributed by atoms with Crippen LogP contribution in [-0.2, 0) is 0 Å². The summed E-state index contributed by atoms with van der Waals surface area (Å²) in [6, 6.07) is 1.85. The van der Waals surface area contributed by atoms with Gasteiger partial charge in [0.15, 0.2) is 5.11 Å². The standard InChI is InChI=1S/C6H9N5S/c1-4-2-5(10-9-4)3-8-11-6(7)12/h2-3H,1H3,(H,9,10)(H3,7,11,12). The third kappa shape index (κ3) is 2.67. The number of aromatic amines is 1. The van der Waals surface area contributed by atoms with Crippen LogP contribution in [0.2, 0.25) is 0 Å². The van der Waals surface area contributed by atoms with Gasteiger partial charge in [0, 0.05) is 5.69 Å². The van der Waals surface area contributed by atoms with Crippen molar-refractivity contribution in [3.05, 3.63) is 17.5 Å². The maximum absolute atomic E-state index is 5.14. The monoisotopic (exact) mass is 183 g/mol. The van der Waals surface area contributed by atoms with Crippen LogP contribution in [0.3, 0.4) is 0 Å². The summed E-state index contributed by atoms with van der Waals surface area (Å²) >= 11 is 4.54. The van der Waals surface area contributed by atoms with Crippen molar-refractivity contribution in [2.75, 3.05) is 0 Å². The Labute approximate surface area is 75.0 Å². The fourth-order valence-corrected chi connectivity index (χ4v) is 0.720. The molecule has 64 valence electrons. The van der Waals surface area contributed by atoms with E-state index in [-0.39, 0.29) is 5.11 Å². The number of thiocarbonyl (C=S) groups is 1. The van der Waals surface area contributed by atoms with Crippen molar-refractivity contribution in [3.8, 4) is 0 Å². The van der Waals surface area contributed by atoms with E-state index in [1.165, 1.54) is 6.21 Å². The fraction of sp³-hybridized carbons (Fsp3) is 0.167. The molecule has 0 atom stereocenters. The summed E-state index contributed by atoms with van der Waals surface area (Å²) in [5.41, 5.74) is 9.28. The number of rotatable bonds is 2. The fourth-order valence-electron chi connectivity index (χ4n) is 0.667. The molecule has 0 amide bonds. The first-order valence-electron chi connectivity index (χ1n) is 3.29. The van der Waals surface area contributed by atoms with Gasteiger partial charge >= 0.3 is 0 Å². The zero-order chi connectivity index (χ0) is 8.97. The second kappa shape index (κ2) is 3.82. The quantitative estimate of drug-likeness (QED) is 0.339. The third-order valence-corrected chi connectivity index (χ3v) is 1.19. The summed E-state index contributed by atoms with van der Waals surface area (Å²) < 4.78 is 0. The van der Waals surface area contributed by atoms with Gasteiger partial charge in [0.1, 0.15) is 5.69 Å². The molecule has 1 aromatic rings. The van der Waals surface area contributed by atoms with E-state index in [1.54, 1.807) is 0 Å². The zero-order valence-electron chi connectivity index (χ0n) is 6.53. The highest BCUT2D eigenvalue weighted by molar-refractivity contribution is 7.80. The van der Waals surface area contributed by atoms with Crippen LogP contribution in [0.4, 0.5) is 0 Å². The Kier molecular flexibility index (Phi) is 2.76. The molecule has 1 rings (SSSR count). The van der Waals surface area contributed by atoms with E-state index >= 15 is 0 Å². The molecule has 0 bridgehead atoms. The topological polar surface area (TPSA) is 79.1 Å². The molecule has 0 aliphatic heterocycles. The maximum atomic E-state index is 5.14. The van der Waals surface area contributed by atoms with Gasteiger partial charge in [-0.3, -0.25) is 10.5 Å². The van der Waals surface area contributed by atoms with Crippen molar-refractivity contribution in [1.29, 1.82) is 0 Å². The smallest absolute Gasteiger partial charge is 0.184 e. The van der Waals surface area contributed by atoms with Crippen LogP contribution in [0.1, 0.15) is 11.4 Å². The van der Waals surface area contributed by atoms with Crippen molar-refractivity contribution in [3.63, 3.8) is 0 Å². The highest BCUT2D eigenvalue weighted by Crippen LogP contribution is 1.92.